The first-order chi connectivity index (χ1) is 9.70. The Labute approximate surface area is 117 Å². The van der Waals surface area contributed by atoms with E-state index in [0.717, 1.165) is 23.4 Å². The number of hydrogen-bond donors (Lipinski definition) is 2. The zero-order valence-electron chi connectivity index (χ0n) is 11.5. The fraction of sp³-hybridized carbons (Fsp3) is 0.500. The number of allylic oxidation sites excluding steroid dienone is 2. The lowest BCUT2D eigenvalue weighted by atomic mass is 10.1. The van der Waals surface area contributed by atoms with Crippen molar-refractivity contribution in [2.75, 3.05) is 11.1 Å². The molecule has 104 valence electrons. The van der Waals surface area contributed by atoms with E-state index in [1.165, 1.54) is 12.8 Å². The van der Waals surface area contributed by atoms with E-state index in [4.69, 9.17) is 5.73 Å². The van der Waals surface area contributed by atoms with Gasteiger partial charge in [0.1, 0.15) is 0 Å². The van der Waals surface area contributed by atoms with Gasteiger partial charge >= 0.3 is 0 Å². The number of aromatic nitrogens is 4. The Bertz CT molecular complexity index is 684. The van der Waals surface area contributed by atoms with Gasteiger partial charge in [0.05, 0.1) is 12.4 Å². The quantitative estimate of drug-likeness (QED) is 0.835. The van der Waals surface area contributed by atoms with Crippen LogP contribution < -0.4 is 11.1 Å². The standard InChI is InChI=1S/C14H18N6/c1-8-2-5-10(6-8)20-7-16-11-12(17-9-3-4-9)18-14(15)19-13(11)20/h2,5,7-10H,3-4,6H2,1H3,(H3,15,17,18,19). The summed E-state index contributed by atoms with van der Waals surface area (Å²) in [6, 6.07) is 0.835. The van der Waals surface area contributed by atoms with Crippen molar-refractivity contribution >= 4 is 22.9 Å². The van der Waals surface area contributed by atoms with Crippen molar-refractivity contribution in [2.24, 2.45) is 5.92 Å². The average molecular weight is 270 g/mol. The number of nitrogens with one attached hydrogen (secondary N) is 1. The number of fused-ring (bicyclic) bond motifs is 1. The molecule has 0 saturated heterocycles. The number of nitrogens with zero attached hydrogens (tertiary/aromatic N) is 4. The third kappa shape index (κ3) is 1.92. The highest BCUT2D eigenvalue weighted by molar-refractivity contribution is 5.84. The molecule has 2 aromatic rings. The van der Waals surface area contributed by atoms with Crippen LogP contribution in [0, 0.1) is 5.92 Å². The highest BCUT2D eigenvalue weighted by Gasteiger charge is 2.25. The maximum atomic E-state index is 5.85. The second-order valence-corrected chi connectivity index (χ2v) is 5.84. The maximum Gasteiger partial charge on any atom is 0.224 e. The highest BCUT2D eigenvalue weighted by Crippen LogP contribution is 2.32. The van der Waals surface area contributed by atoms with E-state index >= 15 is 0 Å². The molecule has 2 heterocycles. The average Bonchev–Trinajstić information content (AvgIpc) is 2.95. The van der Waals surface area contributed by atoms with Crippen LogP contribution in [0.1, 0.15) is 32.2 Å². The van der Waals surface area contributed by atoms with E-state index in [1.807, 2.05) is 6.33 Å². The fourth-order valence-electron chi connectivity index (χ4n) is 2.76. The fourth-order valence-corrected chi connectivity index (χ4v) is 2.76. The van der Waals surface area contributed by atoms with Crippen molar-refractivity contribution in [1.29, 1.82) is 0 Å². The molecule has 0 aliphatic heterocycles. The highest BCUT2D eigenvalue weighted by atomic mass is 15.2. The van der Waals surface area contributed by atoms with Crippen LogP contribution >= 0.6 is 0 Å². The molecule has 3 N–H and O–H groups in total. The van der Waals surface area contributed by atoms with Crippen LogP contribution in [0.15, 0.2) is 18.5 Å². The van der Waals surface area contributed by atoms with Gasteiger partial charge in [0.2, 0.25) is 5.95 Å². The summed E-state index contributed by atoms with van der Waals surface area (Å²) in [4.78, 5) is 13.2. The Kier molecular flexibility index (Phi) is 2.45. The number of anilines is 2. The second-order valence-electron chi connectivity index (χ2n) is 5.84. The molecule has 2 aliphatic carbocycles. The summed E-state index contributed by atoms with van der Waals surface area (Å²) in [7, 11) is 0. The molecule has 0 bridgehead atoms. The van der Waals surface area contributed by atoms with Gasteiger partial charge in [0.15, 0.2) is 17.0 Å². The van der Waals surface area contributed by atoms with Gasteiger partial charge in [-0.05, 0) is 25.2 Å². The van der Waals surface area contributed by atoms with Gasteiger partial charge in [0.25, 0.3) is 0 Å². The van der Waals surface area contributed by atoms with Crippen LogP contribution in [0.3, 0.4) is 0 Å². The van der Waals surface area contributed by atoms with Crippen molar-refractivity contribution < 1.29 is 0 Å². The smallest absolute Gasteiger partial charge is 0.224 e. The van der Waals surface area contributed by atoms with Gasteiger partial charge in [-0.15, -0.1) is 0 Å². The van der Waals surface area contributed by atoms with Gasteiger partial charge in [0, 0.05) is 6.04 Å². The Hall–Kier alpha value is -2.11. The van der Waals surface area contributed by atoms with Crippen LogP contribution in [-0.2, 0) is 0 Å². The molecule has 0 radical (unpaired) electrons. The first-order valence-electron chi connectivity index (χ1n) is 7.15. The summed E-state index contributed by atoms with van der Waals surface area (Å²) in [5.41, 5.74) is 7.50. The Morgan fingerprint density at radius 2 is 2.15 bits per heavy atom. The largest absolute Gasteiger partial charge is 0.368 e. The number of imidazole rings is 1. The number of nitrogens with two attached hydrogens (primary N) is 1. The van der Waals surface area contributed by atoms with Gasteiger partial charge < -0.3 is 15.6 Å². The Morgan fingerprint density at radius 1 is 1.30 bits per heavy atom. The first-order valence-corrected chi connectivity index (χ1v) is 7.15. The minimum Gasteiger partial charge on any atom is -0.368 e. The topological polar surface area (TPSA) is 81.7 Å². The summed E-state index contributed by atoms with van der Waals surface area (Å²) < 4.78 is 2.10. The van der Waals surface area contributed by atoms with Gasteiger partial charge in [-0.25, -0.2) is 4.98 Å². The normalized spacial score (nSPS) is 25.4. The van der Waals surface area contributed by atoms with Crippen LogP contribution in [0.25, 0.3) is 11.2 Å². The van der Waals surface area contributed by atoms with Crippen molar-refractivity contribution in [1.82, 2.24) is 19.5 Å². The Morgan fingerprint density at radius 3 is 2.85 bits per heavy atom. The first kappa shape index (κ1) is 11.7. The third-order valence-electron chi connectivity index (χ3n) is 3.99. The lowest BCUT2D eigenvalue weighted by molar-refractivity contribution is 0.536. The maximum absolute atomic E-state index is 5.85. The zero-order chi connectivity index (χ0) is 13.7. The molecule has 6 heteroatoms. The molecule has 0 spiro atoms. The van der Waals surface area contributed by atoms with Gasteiger partial charge in [-0.1, -0.05) is 19.1 Å². The van der Waals surface area contributed by atoms with Crippen molar-refractivity contribution in [3.05, 3.63) is 18.5 Å². The summed E-state index contributed by atoms with van der Waals surface area (Å²) in [5, 5.41) is 3.39. The molecule has 2 aliphatic rings. The number of hydrogen-bond acceptors (Lipinski definition) is 5. The van der Waals surface area contributed by atoms with E-state index in [2.05, 4.69) is 43.9 Å². The molecule has 0 aromatic carbocycles. The molecule has 6 nitrogen and oxygen atoms in total. The minimum atomic E-state index is 0.303. The number of rotatable bonds is 3. The van der Waals surface area contributed by atoms with Crippen LogP contribution in [0.4, 0.5) is 11.8 Å². The lowest BCUT2D eigenvalue weighted by Crippen LogP contribution is -2.09. The summed E-state index contributed by atoms with van der Waals surface area (Å²) in [5.74, 6) is 1.67. The summed E-state index contributed by atoms with van der Waals surface area (Å²) in [6.45, 7) is 2.22. The van der Waals surface area contributed by atoms with E-state index < -0.39 is 0 Å². The van der Waals surface area contributed by atoms with E-state index in [0.29, 0.717) is 23.9 Å². The van der Waals surface area contributed by atoms with Crippen molar-refractivity contribution in [3.63, 3.8) is 0 Å². The molecule has 2 atom stereocenters. The molecule has 2 unspecified atom stereocenters. The van der Waals surface area contributed by atoms with E-state index in [9.17, 15) is 0 Å². The van der Waals surface area contributed by atoms with Crippen LogP contribution in [-0.4, -0.2) is 25.6 Å². The van der Waals surface area contributed by atoms with Gasteiger partial charge in [-0.2, -0.15) is 9.97 Å². The monoisotopic (exact) mass is 270 g/mol. The van der Waals surface area contributed by atoms with Crippen LogP contribution in [0.2, 0.25) is 0 Å². The lowest BCUT2D eigenvalue weighted by Gasteiger charge is -2.12. The molecule has 20 heavy (non-hydrogen) atoms. The summed E-state index contributed by atoms with van der Waals surface area (Å²) in [6.07, 6.45) is 9.77. The zero-order valence-corrected chi connectivity index (χ0v) is 11.5. The molecule has 1 fully saturated rings. The molecule has 4 rings (SSSR count). The Balaban J connectivity index is 1.79. The van der Waals surface area contributed by atoms with Gasteiger partial charge in [-0.3, -0.25) is 0 Å². The summed E-state index contributed by atoms with van der Waals surface area (Å²) >= 11 is 0. The van der Waals surface area contributed by atoms with Crippen molar-refractivity contribution in [3.8, 4) is 0 Å². The minimum absolute atomic E-state index is 0.303. The second kappa shape index (κ2) is 4.19. The predicted molar refractivity (Wildman–Crippen MR) is 78.3 cm³/mol. The third-order valence-corrected chi connectivity index (χ3v) is 3.99. The SMILES string of the molecule is CC1C=CC(n2cnc3c(NC4CC4)nc(N)nc32)C1. The predicted octanol–water partition coefficient (Wildman–Crippen LogP) is 2.12. The number of nitrogen functional groups attached to an aromatic ring is 1. The van der Waals surface area contributed by atoms with Crippen LogP contribution in [0.5, 0.6) is 0 Å². The molecular formula is C14H18N6. The molecule has 2 aromatic heterocycles. The molecule has 0 amide bonds. The van der Waals surface area contributed by atoms with Crippen molar-refractivity contribution in [2.45, 2.75) is 38.3 Å². The molecule has 1 saturated carbocycles. The van der Waals surface area contributed by atoms with E-state index in [-0.39, 0.29) is 0 Å². The molecular weight excluding hydrogens is 252 g/mol. The van der Waals surface area contributed by atoms with E-state index in [1.54, 1.807) is 0 Å².